The summed E-state index contributed by atoms with van der Waals surface area (Å²) in [5.41, 5.74) is 4.49. The van der Waals surface area contributed by atoms with Crippen LogP contribution in [0.2, 0.25) is 0 Å². The van der Waals surface area contributed by atoms with Gasteiger partial charge in [-0.1, -0.05) is 0 Å². The Morgan fingerprint density at radius 1 is 1.67 bits per heavy atom. The summed E-state index contributed by atoms with van der Waals surface area (Å²) in [4.78, 5) is 9.88. The fourth-order valence-electron chi connectivity index (χ4n) is 0.302. The largest absolute Gasteiger partial charge is 0.537 e. The standard InChI is InChI=1S/C2H4NO5P/c3-2(4)8-9(5)6-1-7-9/h1H2,(H2,3,4). The molecule has 6 nitrogen and oxygen atoms in total. The first-order chi connectivity index (χ1) is 4.12. The maximum atomic E-state index is 10.5. The summed E-state index contributed by atoms with van der Waals surface area (Å²) < 4.78 is 22.9. The molecule has 1 rings (SSSR count). The molecule has 1 aliphatic heterocycles. The van der Waals surface area contributed by atoms with Crippen molar-refractivity contribution in [3.63, 3.8) is 0 Å². The number of phosphoric ester groups is 1. The van der Waals surface area contributed by atoms with Crippen molar-refractivity contribution in [2.45, 2.75) is 0 Å². The molecule has 0 saturated carbocycles. The summed E-state index contributed by atoms with van der Waals surface area (Å²) in [7, 11) is -3.52. The molecule has 0 atom stereocenters. The summed E-state index contributed by atoms with van der Waals surface area (Å²) in [5, 5.41) is 0. The molecule has 1 amide bonds. The van der Waals surface area contributed by atoms with Crippen LogP contribution in [-0.2, 0) is 18.1 Å². The molecule has 0 aliphatic carbocycles. The summed E-state index contributed by atoms with van der Waals surface area (Å²) in [6.07, 6.45) is -1.17. The molecule has 1 heterocycles. The number of phosphoric acid groups is 1. The summed E-state index contributed by atoms with van der Waals surface area (Å²) in [5.74, 6) is 0. The zero-order valence-electron chi connectivity index (χ0n) is 4.27. The van der Waals surface area contributed by atoms with Crippen molar-refractivity contribution >= 4 is 13.9 Å². The van der Waals surface area contributed by atoms with Crippen LogP contribution in [0.5, 0.6) is 0 Å². The maximum Gasteiger partial charge on any atom is 0.537 e. The van der Waals surface area contributed by atoms with Gasteiger partial charge in [0.2, 0.25) is 0 Å². The predicted molar refractivity (Wildman–Crippen MR) is 25.3 cm³/mol. The lowest BCUT2D eigenvalue weighted by Gasteiger charge is -2.22. The first-order valence-electron chi connectivity index (χ1n) is 2.00. The van der Waals surface area contributed by atoms with E-state index in [0.29, 0.717) is 0 Å². The fourth-order valence-corrected chi connectivity index (χ4v) is 0.905. The van der Waals surface area contributed by atoms with E-state index in [1.54, 1.807) is 0 Å². The molecule has 0 radical (unpaired) electrons. The third kappa shape index (κ3) is 1.41. The summed E-state index contributed by atoms with van der Waals surface area (Å²) in [6.45, 7) is -0.120. The minimum atomic E-state index is -3.52. The van der Waals surface area contributed by atoms with Crippen LogP contribution in [-0.4, -0.2) is 12.9 Å². The van der Waals surface area contributed by atoms with Crippen LogP contribution in [0.15, 0.2) is 0 Å². The number of nitrogens with two attached hydrogens (primary N) is 1. The molecule has 0 aromatic carbocycles. The summed E-state index contributed by atoms with van der Waals surface area (Å²) in [6, 6.07) is 0. The highest BCUT2D eigenvalue weighted by Crippen LogP contribution is 2.56. The number of rotatable bonds is 1. The van der Waals surface area contributed by atoms with Crippen LogP contribution in [0, 0.1) is 0 Å². The van der Waals surface area contributed by atoms with Gasteiger partial charge in [0.05, 0.1) is 0 Å². The lowest BCUT2D eigenvalue weighted by atomic mass is 11.3. The zero-order chi connectivity index (χ0) is 6.91. The first kappa shape index (κ1) is 6.54. The van der Waals surface area contributed by atoms with Crippen LogP contribution in [0.3, 0.4) is 0 Å². The van der Waals surface area contributed by atoms with Gasteiger partial charge >= 0.3 is 13.9 Å². The molecule has 7 heteroatoms. The number of carbonyl (C=O) groups is 1. The second-order valence-corrected chi connectivity index (χ2v) is 2.83. The van der Waals surface area contributed by atoms with Crippen molar-refractivity contribution in [1.82, 2.24) is 0 Å². The van der Waals surface area contributed by atoms with Gasteiger partial charge in [0.15, 0.2) is 6.79 Å². The third-order valence-corrected chi connectivity index (χ3v) is 1.87. The van der Waals surface area contributed by atoms with Crippen LogP contribution in [0.1, 0.15) is 0 Å². The Bertz CT molecular complexity index is 170. The van der Waals surface area contributed by atoms with E-state index in [1.807, 2.05) is 0 Å². The zero-order valence-corrected chi connectivity index (χ0v) is 5.17. The van der Waals surface area contributed by atoms with E-state index in [9.17, 15) is 9.36 Å². The molecule has 1 aliphatic rings. The van der Waals surface area contributed by atoms with Crippen LogP contribution >= 0.6 is 7.82 Å². The van der Waals surface area contributed by atoms with E-state index >= 15 is 0 Å². The van der Waals surface area contributed by atoms with Crippen molar-refractivity contribution in [3.05, 3.63) is 0 Å². The van der Waals surface area contributed by atoms with Crippen molar-refractivity contribution in [2.24, 2.45) is 5.73 Å². The highest BCUT2D eigenvalue weighted by atomic mass is 31.2. The minimum Gasteiger partial charge on any atom is -0.354 e. The molecule has 0 unspecified atom stereocenters. The topological polar surface area (TPSA) is 87.9 Å². The number of primary amides is 1. The Balaban J connectivity index is 2.43. The lowest BCUT2D eigenvalue weighted by molar-refractivity contribution is -0.0287. The Morgan fingerprint density at radius 3 is 2.33 bits per heavy atom. The normalized spacial score (nSPS) is 22.2. The van der Waals surface area contributed by atoms with Crippen LogP contribution in [0.25, 0.3) is 0 Å². The molecule has 0 aromatic rings. The lowest BCUT2D eigenvalue weighted by Crippen LogP contribution is -2.19. The number of hydrogen-bond acceptors (Lipinski definition) is 5. The number of amides is 1. The van der Waals surface area contributed by atoms with Gasteiger partial charge < -0.3 is 10.3 Å². The van der Waals surface area contributed by atoms with Gasteiger partial charge in [0, 0.05) is 0 Å². The van der Waals surface area contributed by atoms with Crippen LogP contribution in [0.4, 0.5) is 4.79 Å². The smallest absolute Gasteiger partial charge is 0.354 e. The Kier molecular flexibility index (Phi) is 1.44. The molecular weight excluding hydrogens is 149 g/mol. The second kappa shape index (κ2) is 1.98. The molecule has 0 bridgehead atoms. The predicted octanol–water partition coefficient (Wildman–Crippen LogP) is 0.194. The molecule has 0 spiro atoms. The van der Waals surface area contributed by atoms with Crippen molar-refractivity contribution in [3.8, 4) is 0 Å². The van der Waals surface area contributed by atoms with E-state index in [2.05, 4.69) is 19.3 Å². The number of hydrogen-bond donors (Lipinski definition) is 1. The molecular formula is C2H4NO5P. The van der Waals surface area contributed by atoms with Gasteiger partial charge in [-0.3, -0.25) is 0 Å². The molecule has 0 aromatic heterocycles. The van der Waals surface area contributed by atoms with Gasteiger partial charge in [-0.15, -0.1) is 0 Å². The third-order valence-electron chi connectivity index (χ3n) is 0.623. The Morgan fingerprint density at radius 2 is 2.22 bits per heavy atom. The van der Waals surface area contributed by atoms with Gasteiger partial charge in [0.25, 0.3) is 0 Å². The number of carbonyl (C=O) groups excluding carboxylic acids is 1. The first-order valence-corrected chi connectivity index (χ1v) is 3.47. The van der Waals surface area contributed by atoms with Gasteiger partial charge in [-0.05, 0) is 0 Å². The quantitative estimate of drug-likeness (QED) is 0.543. The van der Waals surface area contributed by atoms with Gasteiger partial charge in [-0.25, -0.2) is 18.4 Å². The van der Waals surface area contributed by atoms with E-state index in [1.165, 1.54) is 0 Å². The minimum absolute atomic E-state index is 0.120. The van der Waals surface area contributed by atoms with E-state index in [0.717, 1.165) is 0 Å². The highest BCUT2D eigenvalue weighted by Gasteiger charge is 2.39. The second-order valence-electron chi connectivity index (χ2n) is 1.23. The van der Waals surface area contributed by atoms with Gasteiger partial charge in [-0.2, -0.15) is 0 Å². The Labute approximate surface area is 50.5 Å². The van der Waals surface area contributed by atoms with E-state index < -0.39 is 13.9 Å². The monoisotopic (exact) mass is 153 g/mol. The molecule has 52 valence electrons. The molecule has 1 saturated heterocycles. The van der Waals surface area contributed by atoms with E-state index in [-0.39, 0.29) is 6.79 Å². The molecule has 9 heavy (non-hydrogen) atoms. The van der Waals surface area contributed by atoms with Gasteiger partial charge in [0.1, 0.15) is 0 Å². The average Bonchev–Trinajstić information content (AvgIpc) is 1.60. The molecule has 1 fully saturated rings. The summed E-state index contributed by atoms with van der Waals surface area (Å²) >= 11 is 0. The maximum absolute atomic E-state index is 10.5. The van der Waals surface area contributed by atoms with Crippen molar-refractivity contribution in [1.29, 1.82) is 0 Å². The van der Waals surface area contributed by atoms with Crippen molar-refractivity contribution < 1.29 is 22.9 Å². The fraction of sp³-hybridized carbons (Fsp3) is 0.500. The molecule has 2 N–H and O–H groups in total. The van der Waals surface area contributed by atoms with E-state index in [4.69, 9.17) is 0 Å². The van der Waals surface area contributed by atoms with Crippen LogP contribution < -0.4 is 5.73 Å². The van der Waals surface area contributed by atoms with Crippen molar-refractivity contribution in [2.75, 3.05) is 6.79 Å². The SMILES string of the molecule is NC(=O)OP1(=O)OCO1. The average molecular weight is 153 g/mol. The Hall–Kier alpha value is -0.580. The highest BCUT2D eigenvalue weighted by molar-refractivity contribution is 7.50.